The van der Waals surface area contributed by atoms with E-state index < -0.39 is 0 Å². The lowest BCUT2D eigenvalue weighted by atomic mass is 10.2. The van der Waals surface area contributed by atoms with Crippen molar-refractivity contribution >= 4 is 28.3 Å². The van der Waals surface area contributed by atoms with Gasteiger partial charge in [-0.25, -0.2) is 15.0 Å². The molecule has 0 atom stereocenters. The van der Waals surface area contributed by atoms with Crippen molar-refractivity contribution in [3.05, 3.63) is 30.2 Å². The summed E-state index contributed by atoms with van der Waals surface area (Å²) < 4.78 is 3.83. The Morgan fingerprint density at radius 2 is 1.71 bits per heavy atom. The van der Waals surface area contributed by atoms with Crippen LogP contribution < -0.4 is 9.80 Å². The minimum absolute atomic E-state index is 0.760. The van der Waals surface area contributed by atoms with Gasteiger partial charge in [0.2, 0.25) is 5.65 Å². The lowest BCUT2D eigenvalue weighted by Gasteiger charge is -2.36. The predicted octanol–water partition coefficient (Wildman–Crippen LogP) is 0.998. The van der Waals surface area contributed by atoms with Gasteiger partial charge < -0.3 is 9.80 Å². The normalized spacial score (nSPS) is 15.1. The van der Waals surface area contributed by atoms with E-state index in [0.29, 0.717) is 0 Å². The molecule has 1 aliphatic rings. The Labute approximate surface area is 161 Å². The quantitative estimate of drug-likeness (QED) is 0.521. The van der Waals surface area contributed by atoms with Gasteiger partial charge in [0.05, 0.1) is 11.6 Å². The van der Waals surface area contributed by atoms with Crippen LogP contribution in [0.2, 0.25) is 0 Å². The van der Waals surface area contributed by atoms with E-state index in [-0.39, 0.29) is 0 Å². The Kier molecular flexibility index (Phi) is 3.85. The number of rotatable bonds is 3. The summed E-state index contributed by atoms with van der Waals surface area (Å²) >= 11 is 0. The van der Waals surface area contributed by atoms with Crippen LogP contribution in [0, 0.1) is 6.92 Å². The van der Waals surface area contributed by atoms with Gasteiger partial charge in [0.15, 0.2) is 11.5 Å². The zero-order chi connectivity index (χ0) is 19.3. The molecule has 1 saturated heterocycles. The summed E-state index contributed by atoms with van der Waals surface area (Å²) in [5.41, 5.74) is 1.69. The minimum Gasteiger partial charge on any atom is -0.352 e. The second-order valence-electron chi connectivity index (χ2n) is 6.99. The van der Waals surface area contributed by atoms with E-state index in [2.05, 4.69) is 42.0 Å². The number of nitrogens with zero attached hydrogens (tertiary/aromatic N) is 10. The summed E-state index contributed by atoms with van der Waals surface area (Å²) in [4.78, 5) is 18.4. The number of aryl methyl sites for hydroxylation is 3. The molecule has 0 radical (unpaired) electrons. The summed E-state index contributed by atoms with van der Waals surface area (Å²) in [6.45, 7) is 7.37. The maximum absolute atomic E-state index is 4.70. The number of fused-ring (bicyclic) bond motifs is 2. The Hall–Kier alpha value is -3.30. The van der Waals surface area contributed by atoms with Crippen LogP contribution in [-0.4, -0.2) is 65.5 Å². The number of hydrogen-bond acceptors (Lipinski definition) is 8. The molecule has 4 aromatic heterocycles. The molecule has 0 spiro atoms. The Balaban J connectivity index is 1.43. The van der Waals surface area contributed by atoms with Crippen LogP contribution in [-0.2, 0) is 13.5 Å². The third kappa shape index (κ3) is 2.55. The van der Waals surface area contributed by atoms with Crippen molar-refractivity contribution in [2.45, 2.75) is 20.3 Å². The number of anilines is 2. The van der Waals surface area contributed by atoms with Crippen LogP contribution in [0.3, 0.4) is 0 Å². The van der Waals surface area contributed by atoms with Gasteiger partial charge >= 0.3 is 0 Å². The molecule has 5 rings (SSSR count). The van der Waals surface area contributed by atoms with Gasteiger partial charge in [0.25, 0.3) is 0 Å². The van der Waals surface area contributed by atoms with Crippen molar-refractivity contribution in [1.29, 1.82) is 0 Å². The van der Waals surface area contributed by atoms with Gasteiger partial charge in [-0.2, -0.15) is 5.10 Å². The average molecular weight is 378 g/mol. The van der Waals surface area contributed by atoms with Gasteiger partial charge in [0.1, 0.15) is 17.5 Å². The smallest absolute Gasteiger partial charge is 0.203 e. The molecule has 0 aliphatic carbocycles. The van der Waals surface area contributed by atoms with Crippen LogP contribution >= 0.6 is 0 Å². The van der Waals surface area contributed by atoms with E-state index in [1.165, 1.54) is 0 Å². The van der Waals surface area contributed by atoms with E-state index in [0.717, 1.165) is 72.6 Å². The van der Waals surface area contributed by atoms with Crippen molar-refractivity contribution in [2.24, 2.45) is 7.05 Å². The molecule has 1 fully saturated rings. The second kappa shape index (κ2) is 6.39. The van der Waals surface area contributed by atoms with Crippen LogP contribution in [0.1, 0.15) is 18.6 Å². The third-order valence-electron chi connectivity index (χ3n) is 5.26. The average Bonchev–Trinajstić information content (AvgIpc) is 3.31. The first-order chi connectivity index (χ1) is 13.7. The highest BCUT2D eigenvalue weighted by molar-refractivity contribution is 5.87. The van der Waals surface area contributed by atoms with Crippen molar-refractivity contribution < 1.29 is 0 Å². The molecule has 4 aromatic rings. The summed E-state index contributed by atoms with van der Waals surface area (Å²) in [7, 11) is 1.91. The molecule has 0 N–H and O–H groups in total. The molecule has 0 unspecified atom stereocenters. The van der Waals surface area contributed by atoms with E-state index in [1.807, 2.05) is 37.0 Å². The third-order valence-corrected chi connectivity index (χ3v) is 5.26. The Bertz CT molecular complexity index is 1150. The van der Waals surface area contributed by atoms with Crippen molar-refractivity contribution in [3.8, 4) is 0 Å². The van der Waals surface area contributed by atoms with Crippen LogP contribution in [0.5, 0.6) is 0 Å². The lowest BCUT2D eigenvalue weighted by Crippen LogP contribution is -2.47. The SMILES string of the molecule is CCc1nnc2c(N3CCN(c4nc(C)nc5c4cnn5C)CC3)nccn12. The number of piperazine rings is 1. The molecule has 28 heavy (non-hydrogen) atoms. The summed E-state index contributed by atoms with van der Waals surface area (Å²) in [6, 6.07) is 0. The maximum Gasteiger partial charge on any atom is 0.203 e. The largest absolute Gasteiger partial charge is 0.352 e. The Morgan fingerprint density at radius 3 is 2.46 bits per heavy atom. The fourth-order valence-corrected chi connectivity index (χ4v) is 3.81. The molecule has 0 saturated carbocycles. The van der Waals surface area contributed by atoms with Gasteiger partial charge in [-0.15, -0.1) is 10.2 Å². The molecule has 0 aromatic carbocycles. The summed E-state index contributed by atoms with van der Waals surface area (Å²) in [5, 5.41) is 14.0. The van der Waals surface area contributed by atoms with E-state index in [4.69, 9.17) is 4.98 Å². The topological polar surface area (TPSA) is 93.2 Å². The minimum atomic E-state index is 0.760. The van der Waals surface area contributed by atoms with Gasteiger partial charge in [-0.1, -0.05) is 6.92 Å². The second-order valence-corrected chi connectivity index (χ2v) is 6.99. The van der Waals surface area contributed by atoms with E-state index in [1.54, 1.807) is 4.68 Å². The maximum atomic E-state index is 4.70. The van der Waals surface area contributed by atoms with E-state index in [9.17, 15) is 0 Å². The first-order valence-electron chi connectivity index (χ1n) is 9.50. The summed E-state index contributed by atoms with van der Waals surface area (Å²) in [6.07, 6.45) is 6.44. The van der Waals surface area contributed by atoms with Crippen molar-refractivity contribution in [1.82, 2.24) is 39.3 Å². The molecule has 0 amide bonds. The standard InChI is InChI=1S/C18H22N10/c1-4-14-23-24-18-17(19-5-6-28(14)18)27-9-7-26(8-10-27)16-13-11-20-25(3)15(13)21-12(2)22-16/h5-6,11H,4,7-10H2,1-3H3. The Morgan fingerprint density at radius 1 is 0.964 bits per heavy atom. The summed E-state index contributed by atoms with van der Waals surface area (Å²) in [5.74, 6) is 3.56. The molecular formula is C18H22N10. The molecular weight excluding hydrogens is 356 g/mol. The molecule has 10 heteroatoms. The monoisotopic (exact) mass is 378 g/mol. The molecule has 0 bridgehead atoms. The van der Waals surface area contributed by atoms with Gasteiger partial charge in [-0.05, 0) is 6.92 Å². The molecule has 10 nitrogen and oxygen atoms in total. The zero-order valence-corrected chi connectivity index (χ0v) is 16.2. The molecule has 1 aliphatic heterocycles. The highest BCUT2D eigenvalue weighted by atomic mass is 15.4. The predicted molar refractivity (Wildman–Crippen MR) is 106 cm³/mol. The first-order valence-corrected chi connectivity index (χ1v) is 9.50. The number of aromatic nitrogens is 8. The molecule has 144 valence electrons. The fourth-order valence-electron chi connectivity index (χ4n) is 3.81. The van der Waals surface area contributed by atoms with Crippen molar-refractivity contribution in [3.63, 3.8) is 0 Å². The van der Waals surface area contributed by atoms with Crippen molar-refractivity contribution in [2.75, 3.05) is 36.0 Å². The highest BCUT2D eigenvalue weighted by Gasteiger charge is 2.24. The van der Waals surface area contributed by atoms with Crippen LogP contribution in [0.25, 0.3) is 16.7 Å². The number of hydrogen-bond donors (Lipinski definition) is 0. The van der Waals surface area contributed by atoms with Crippen LogP contribution in [0.4, 0.5) is 11.6 Å². The zero-order valence-electron chi connectivity index (χ0n) is 16.2. The fraction of sp³-hybridized carbons (Fsp3) is 0.444. The van der Waals surface area contributed by atoms with E-state index >= 15 is 0 Å². The molecule has 5 heterocycles. The highest BCUT2D eigenvalue weighted by Crippen LogP contribution is 2.26. The lowest BCUT2D eigenvalue weighted by molar-refractivity contribution is 0.642. The van der Waals surface area contributed by atoms with Gasteiger partial charge in [0, 0.05) is 52.0 Å². The van der Waals surface area contributed by atoms with Crippen LogP contribution in [0.15, 0.2) is 18.6 Å². The van der Waals surface area contributed by atoms with Gasteiger partial charge in [-0.3, -0.25) is 9.08 Å². The first kappa shape index (κ1) is 16.8.